The van der Waals surface area contributed by atoms with E-state index >= 15 is 0 Å². The first-order chi connectivity index (χ1) is 6.68. The van der Waals surface area contributed by atoms with Gasteiger partial charge in [0.2, 0.25) is 0 Å². The molecule has 4 nitrogen and oxygen atoms in total. The number of hydrogen-bond acceptors (Lipinski definition) is 3. The molecule has 0 saturated carbocycles. The molecule has 0 aromatic carbocycles. The van der Waals surface area contributed by atoms with Gasteiger partial charge in [0.15, 0.2) is 0 Å². The average molecular weight is 191 g/mol. The molecule has 2 rings (SSSR count). The fourth-order valence-electron chi connectivity index (χ4n) is 1.50. The lowest BCUT2D eigenvalue weighted by atomic mass is 10.2. The molecule has 2 heterocycles. The third kappa shape index (κ3) is 1.44. The summed E-state index contributed by atoms with van der Waals surface area (Å²) >= 11 is 0. The Morgan fingerprint density at radius 1 is 1.64 bits per heavy atom. The summed E-state index contributed by atoms with van der Waals surface area (Å²) in [6, 6.07) is 3.50. The van der Waals surface area contributed by atoms with Crippen molar-refractivity contribution in [2.45, 2.75) is 19.4 Å². The number of nitrogens with zero attached hydrogens (tertiary/aromatic N) is 2. The molecule has 0 radical (unpaired) electrons. The van der Waals surface area contributed by atoms with Crippen LogP contribution in [0.2, 0.25) is 0 Å². The van der Waals surface area contributed by atoms with Crippen LogP contribution in [0.4, 0.5) is 0 Å². The lowest BCUT2D eigenvalue weighted by Crippen LogP contribution is -2.19. The summed E-state index contributed by atoms with van der Waals surface area (Å²) in [5, 5.41) is 9.53. The van der Waals surface area contributed by atoms with Crippen LogP contribution in [0.3, 0.4) is 0 Å². The Morgan fingerprint density at radius 3 is 3.14 bits per heavy atom. The lowest BCUT2D eigenvalue weighted by Gasteiger charge is -2.04. The summed E-state index contributed by atoms with van der Waals surface area (Å²) in [6.07, 6.45) is 4.24. The van der Waals surface area contributed by atoms with E-state index in [0.717, 1.165) is 11.3 Å². The molecule has 0 aliphatic rings. The van der Waals surface area contributed by atoms with Crippen molar-refractivity contribution in [1.29, 1.82) is 0 Å². The lowest BCUT2D eigenvalue weighted by molar-refractivity contribution is 0.478. The molecule has 0 fully saturated rings. The highest BCUT2D eigenvalue weighted by atomic mass is 16.3. The quantitative estimate of drug-likeness (QED) is 0.742. The number of fused-ring (bicyclic) bond motifs is 1. The molecule has 3 N–H and O–H groups in total. The molecule has 4 heteroatoms. The topological polar surface area (TPSA) is 63.5 Å². The molecule has 0 aliphatic heterocycles. The van der Waals surface area contributed by atoms with Gasteiger partial charge in [-0.2, -0.15) is 0 Å². The van der Waals surface area contributed by atoms with E-state index in [9.17, 15) is 5.11 Å². The minimum Gasteiger partial charge on any atom is -0.506 e. The van der Waals surface area contributed by atoms with Crippen molar-refractivity contribution in [2.24, 2.45) is 5.73 Å². The van der Waals surface area contributed by atoms with Gasteiger partial charge in [0.1, 0.15) is 17.1 Å². The van der Waals surface area contributed by atoms with Gasteiger partial charge in [-0.15, -0.1) is 0 Å². The summed E-state index contributed by atoms with van der Waals surface area (Å²) in [5.74, 6) is 1.13. The van der Waals surface area contributed by atoms with Crippen molar-refractivity contribution in [2.75, 3.05) is 0 Å². The van der Waals surface area contributed by atoms with Crippen LogP contribution in [-0.4, -0.2) is 20.5 Å². The molecule has 74 valence electrons. The largest absolute Gasteiger partial charge is 0.506 e. The third-order valence-corrected chi connectivity index (χ3v) is 2.13. The minimum atomic E-state index is 0.0722. The van der Waals surface area contributed by atoms with Gasteiger partial charge >= 0.3 is 0 Å². The number of rotatable bonds is 2. The van der Waals surface area contributed by atoms with Crippen LogP contribution in [0, 0.1) is 0 Å². The van der Waals surface area contributed by atoms with Crippen LogP contribution in [0.5, 0.6) is 5.75 Å². The molecule has 0 spiro atoms. The predicted octanol–water partition coefficient (Wildman–Crippen LogP) is 0.930. The zero-order valence-corrected chi connectivity index (χ0v) is 8.01. The van der Waals surface area contributed by atoms with E-state index in [-0.39, 0.29) is 11.8 Å². The Kier molecular flexibility index (Phi) is 2.13. The van der Waals surface area contributed by atoms with Gasteiger partial charge in [-0.05, 0) is 19.1 Å². The second kappa shape index (κ2) is 3.31. The average Bonchev–Trinajstić information content (AvgIpc) is 2.49. The van der Waals surface area contributed by atoms with E-state index in [1.54, 1.807) is 18.3 Å². The first-order valence-electron chi connectivity index (χ1n) is 4.58. The molecule has 2 aromatic rings. The zero-order chi connectivity index (χ0) is 10.1. The van der Waals surface area contributed by atoms with E-state index in [1.807, 2.05) is 17.5 Å². The van der Waals surface area contributed by atoms with Gasteiger partial charge in [-0.1, -0.05) is 0 Å². The van der Waals surface area contributed by atoms with E-state index in [0.29, 0.717) is 6.42 Å². The fourth-order valence-corrected chi connectivity index (χ4v) is 1.50. The SMILES string of the molecule is CC(N)Cc1ncc2c(O)cccn12. The van der Waals surface area contributed by atoms with Crippen LogP contribution in [0.15, 0.2) is 24.5 Å². The second-order valence-electron chi connectivity index (χ2n) is 3.50. The third-order valence-electron chi connectivity index (χ3n) is 2.13. The van der Waals surface area contributed by atoms with Crippen molar-refractivity contribution in [1.82, 2.24) is 9.38 Å². The summed E-state index contributed by atoms with van der Waals surface area (Å²) in [5.41, 5.74) is 6.42. The normalized spacial score (nSPS) is 13.3. The van der Waals surface area contributed by atoms with Crippen molar-refractivity contribution >= 4 is 5.52 Å². The maximum absolute atomic E-state index is 9.53. The van der Waals surface area contributed by atoms with Crippen molar-refractivity contribution in [3.8, 4) is 5.75 Å². The number of pyridine rings is 1. The van der Waals surface area contributed by atoms with E-state index < -0.39 is 0 Å². The molecule has 0 amide bonds. The maximum Gasteiger partial charge on any atom is 0.141 e. The first-order valence-corrected chi connectivity index (χ1v) is 4.58. The molecule has 1 unspecified atom stereocenters. The van der Waals surface area contributed by atoms with Gasteiger partial charge in [0.05, 0.1) is 6.20 Å². The van der Waals surface area contributed by atoms with Crippen LogP contribution >= 0.6 is 0 Å². The van der Waals surface area contributed by atoms with Crippen LogP contribution in [0.1, 0.15) is 12.7 Å². The van der Waals surface area contributed by atoms with Crippen LogP contribution < -0.4 is 5.73 Å². The van der Waals surface area contributed by atoms with Crippen molar-refractivity contribution in [3.63, 3.8) is 0 Å². The number of aromatic hydroxyl groups is 1. The Hall–Kier alpha value is -1.55. The predicted molar refractivity (Wildman–Crippen MR) is 54.2 cm³/mol. The van der Waals surface area contributed by atoms with E-state index in [2.05, 4.69) is 4.98 Å². The second-order valence-corrected chi connectivity index (χ2v) is 3.50. The standard InChI is InChI=1S/C10H13N3O/c1-7(11)5-10-12-6-8-9(14)3-2-4-13(8)10/h2-4,6-7,14H,5,11H2,1H3. The minimum absolute atomic E-state index is 0.0722. The van der Waals surface area contributed by atoms with Crippen molar-refractivity contribution < 1.29 is 5.11 Å². The molecule has 1 atom stereocenters. The number of nitrogens with two attached hydrogens (primary N) is 1. The van der Waals surface area contributed by atoms with Gasteiger partial charge in [-0.3, -0.25) is 0 Å². The molecule has 2 aromatic heterocycles. The van der Waals surface area contributed by atoms with Gasteiger partial charge in [-0.25, -0.2) is 4.98 Å². The highest BCUT2D eigenvalue weighted by molar-refractivity contribution is 5.58. The van der Waals surface area contributed by atoms with Crippen LogP contribution in [0.25, 0.3) is 5.52 Å². The molecule has 14 heavy (non-hydrogen) atoms. The summed E-state index contributed by atoms with van der Waals surface area (Å²) in [7, 11) is 0. The number of imidazole rings is 1. The van der Waals surface area contributed by atoms with Gasteiger partial charge < -0.3 is 15.2 Å². The Bertz CT molecular complexity index is 448. The molecular formula is C10H13N3O. The van der Waals surface area contributed by atoms with Gasteiger partial charge in [0, 0.05) is 18.7 Å². The fraction of sp³-hybridized carbons (Fsp3) is 0.300. The zero-order valence-electron chi connectivity index (χ0n) is 8.01. The molecular weight excluding hydrogens is 178 g/mol. The van der Waals surface area contributed by atoms with Crippen molar-refractivity contribution in [3.05, 3.63) is 30.4 Å². The van der Waals surface area contributed by atoms with E-state index in [4.69, 9.17) is 5.73 Å². The molecule has 0 saturated heterocycles. The van der Waals surface area contributed by atoms with Crippen LogP contribution in [-0.2, 0) is 6.42 Å². The number of aromatic nitrogens is 2. The summed E-state index contributed by atoms with van der Waals surface area (Å²) < 4.78 is 1.86. The molecule has 0 aliphatic carbocycles. The monoisotopic (exact) mass is 191 g/mol. The first kappa shape index (κ1) is 9.02. The Morgan fingerprint density at radius 2 is 2.43 bits per heavy atom. The van der Waals surface area contributed by atoms with Gasteiger partial charge in [0.25, 0.3) is 0 Å². The Balaban J connectivity index is 2.52. The molecule has 0 bridgehead atoms. The smallest absolute Gasteiger partial charge is 0.141 e. The summed E-state index contributed by atoms with van der Waals surface area (Å²) in [6.45, 7) is 1.93. The number of hydrogen-bond donors (Lipinski definition) is 2. The summed E-state index contributed by atoms with van der Waals surface area (Å²) in [4.78, 5) is 4.22. The van der Waals surface area contributed by atoms with E-state index in [1.165, 1.54) is 0 Å². The highest BCUT2D eigenvalue weighted by Crippen LogP contribution is 2.18. The maximum atomic E-state index is 9.53. The Labute approximate surface area is 82.0 Å². The highest BCUT2D eigenvalue weighted by Gasteiger charge is 2.07.